The highest BCUT2D eigenvalue weighted by Crippen LogP contribution is 2.27. The van der Waals surface area contributed by atoms with Crippen LogP contribution in [0.1, 0.15) is 27.4 Å². The number of anilines is 1. The Morgan fingerprint density at radius 1 is 1.10 bits per heavy atom. The van der Waals surface area contributed by atoms with Crippen LogP contribution in [0.4, 0.5) is 5.69 Å². The molecule has 1 N–H and O–H groups in total. The van der Waals surface area contributed by atoms with Gasteiger partial charge in [-0.2, -0.15) is 0 Å². The second kappa shape index (κ2) is 8.35. The molecule has 0 aliphatic carbocycles. The van der Waals surface area contributed by atoms with Crippen LogP contribution in [0.3, 0.4) is 0 Å². The zero-order chi connectivity index (χ0) is 22.0. The van der Waals surface area contributed by atoms with Gasteiger partial charge in [-0.25, -0.2) is 4.98 Å². The summed E-state index contributed by atoms with van der Waals surface area (Å²) in [7, 11) is 1.57. The van der Waals surface area contributed by atoms with E-state index in [1.165, 1.54) is 6.07 Å². The lowest BCUT2D eigenvalue weighted by Crippen LogP contribution is -2.15. The average Bonchev–Trinajstić information content (AvgIpc) is 3.14. The molecule has 0 radical (unpaired) electrons. The first-order chi connectivity index (χ1) is 14.9. The van der Waals surface area contributed by atoms with E-state index < -0.39 is 0 Å². The Morgan fingerprint density at radius 2 is 1.87 bits per heavy atom. The summed E-state index contributed by atoms with van der Waals surface area (Å²) >= 11 is 0. The first kappa shape index (κ1) is 20.2. The molecular formula is C23H21N3O5. The molecule has 2 aromatic carbocycles. The topological polar surface area (TPSA) is 95.1 Å². The number of hydrogen-bond acceptors (Lipinski definition) is 6. The summed E-state index contributed by atoms with van der Waals surface area (Å²) in [4.78, 5) is 29.3. The van der Waals surface area contributed by atoms with Gasteiger partial charge >= 0.3 is 0 Å². The van der Waals surface area contributed by atoms with Crippen LogP contribution in [-0.4, -0.2) is 22.6 Å². The largest absolute Gasteiger partial charge is 0.497 e. The van der Waals surface area contributed by atoms with Gasteiger partial charge in [-0.05, 0) is 55.8 Å². The summed E-state index contributed by atoms with van der Waals surface area (Å²) < 4.78 is 17.4. The minimum absolute atomic E-state index is 0.0600. The van der Waals surface area contributed by atoms with Gasteiger partial charge in [-0.3, -0.25) is 9.59 Å². The molecule has 2 heterocycles. The van der Waals surface area contributed by atoms with Gasteiger partial charge in [-0.1, -0.05) is 6.07 Å². The van der Waals surface area contributed by atoms with E-state index in [1.54, 1.807) is 50.4 Å². The van der Waals surface area contributed by atoms with Crippen molar-refractivity contribution in [3.05, 3.63) is 87.5 Å². The number of methoxy groups -OCH3 is 1. The van der Waals surface area contributed by atoms with Gasteiger partial charge in [-0.15, -0.1) is 4.57 Å². The second-order valence-corrected chi connectivity index (χ2v) is 7.06. The van der Waals surface area contributed by atoms with Crippen molar-refractivity contribution in [2.75, 3.05) is 12.4 Å². The number of fused-ring (bicyclic) bond motifs is 1. The highest BCUT2D eigenvalue weighted by Gasteiger charge is 2.12. The van der Waals surface area contributed by atoms with Gasteiger partial charge in [0, 0.05) is 17.7 Å². The van der Waals surface area contributed by atoms with E-state index >= 15 is 0 Å². The maximum absolute atomic E-state index is 12.7. The van der Waals surface area contributed by atoms with Crippen LogP contribution < -0.4 is 20.3 Å². The van der Waals surface area contributed by atoms with Crippen LogP contribution in [-0.2, 0) is 6.61 Å². The number of amides is 1. The van der Waals surface area contributed by atoms with Crippen LogP contribution in [0, 0.1) is 13.8 Å². The van der Waals surface area contributed by atoms with E-state index in [-0.39, 0.29) is 18.1 Å². The van der Waals surface area contributed by atoms with E-state index in [2.05, 4.69) is 10.3 Å². The monoisotopic (exact) mass is 419 g/mol. The highest BCUT2D eigenvalue weighted by molar-refractivity contribution is 6.05. The summed E-state index contributed by atoms with van der Waals surface area (Å²) in [6, 6.07) is 15.3. The third-order valence-electron chi connectivity index (χ3n) is 4.64. The van der Waals surface area contributed by atoms with E-state index in [9.17, 15) is 9.59 Å². The van der Waals surface area contributed by atoms with Crippen molar-refractivity contribution in [3.8, 4) is 11.5 Å². The fourth-order valence-electron chi connectivity index (χ4n) is 3.10. The maximum atomic E-state index is 12.7. The zero-order valence-corrected chi connectivity index (χ0v) is 17.3. The molecule has 0 bridgehead atoms. The number of rotatable bonds is 6. The standard InChI is InChI=1S/C23H21N3O5/c1-14-4-9-20(19(10-14)25-23(28)16-5-7-18(29-3)8-6-16)30-13-17-12-22(27)26-21(24-17)11-15(2)31-26/h4-12H,13H2,1-3H3,(H,25,28). The number of hydrogen-bond donors (Lipinski definition) is 1. The quantitative estimate of drug-likeness (QED) is 0.512. The van der Waals surface area contributed by atoms with E-state index in [0.29, 0.717) is 39.9 Å². The molecule has 0 spiro atoms. The summed E-state index contributed by atoms with van der Waals surface area (Å²) in [6.07, 6.45) is 0. The van der Waals surface area contributed by atoms with E-state index in [0.717, 1.165) is 10.1 Å². The number of aromatic nitrogens is 2. The minimum atomic E-state index is -0.325. The van der Waals surface area contributed by atoms with Crippen molar-refractivity contribution in [1.82, 2.24) is 9.56 Å². The van der Waals surface area contributed by atoms with Crippen LogP contribution in [0.2, 0.25) is 0 Å². The van der Waals surface area contributed by atoms with Crippen LogP contribution in [0.15, 0.2) is 63.9 Å². The molecule has 31 heavy (non-hydrogen) atoms. The van der Waals surface area contributed by atoms with Gasteiger partial charge in [0.25, 0.3) is 11.5 Å². The van der Waals surface area contributed by atoms with Crippen molar-refractivity contribution in [2.45, 2.75) is 20.5 Å². The average molecular weight is 419 g/mol. The first-order valence-electron chi connectivity index (χ1n) is 9.61. The SMILES string of the molecule is COc1ccc(C(=O)Nc2cc(C)ccc2OCc2cc(=O)n3oc(C)cc3n2)cc1. The molecule has 0 saturated heterocycles. The van der Waals surface area contributed by atoms with E-state index in [1.807, 2.05) is 19.1 Å². The predicted octanol–water partition coefficient (Wildman–Crippen LogP) is 3.74. The Morgan fingerprint density at radius 3 is 2.61 bits per heavy atom. The minimum Gasteiger partial charge on any atom is -0.497 e. The molecule has 0 atom stereocenters. The second-order valence-electron chi connectivity index (χ2n) is 7.06. The van der Waals surface area contributed by atoms with Crippen molar-refractivity contribution in [1.29, 1.82) is 0 Å². The molecule has 4 aromatic rings. The molecular weight excluding hydrogens is 398 g/mol. The third-order valence-corrected chi connectivity index (χ3v) is 4.64. The number of carbonyl (C=O) groups is 1. The summed E-state index contributed by atoms with van der Waals surface area (Å²) in [6.45, 7) is 3.73. The van der Waals surface area contributed by atoms with Gasteiger partial charge < -0.3 is 19.3 Å². The van der Waals surface area contributed by atoms with Crippen molar-refractivity contribution in [3.63, 3.8) is 0 Å². The van der Waals surface area contributed by atoms with Crippen LogP contribution in [0.25, 0.3) is 5.65 Å². The number of aryl methyl sites for hydroxylation is 2. The lowest BCUT2D eigenvalue weighted by atomic mass is 10.1. The van der Waals surface area contributed by atoms with Crippen LogP contribution >= 0.6 is 0 Å². The summed E-state index contributed by atoms with van der Waals surface area (Å²) in [5.41, 5.74) is 2.53. The first-order valence-corrected chi connectivity index (χ1v) is 9.61. The van der Waals surface area contributed by atoms with Crippen molar-refractivity contribution in [2.24, 2.45) is 0 Å². The molecule has 0 aliphatic heterocycles. The number of nitrogens with zero attached hydrogens (tertiary/aromatic N) is 2. The molecule has 0 unspecified atom stereocenters. The van der Waals surface area contributed by atoms with Gasteiger partial charge in [0.1, 0.15) is 23.9 Å². The summed E-state index contributed by atoms with van der Waals surface area (Å²) in [5.74, 6) is 1.46. The van der Waals surface area contributed by atoms with E-state index in [4.69, 9.17) is 14.0 Å². The molecule has 8 nitrogen and oxygen atoms in total. The Kier molecular flexibility index (Phi) is 5.44. The Labute approximate surface area is 178 Å². The molecule has 0 saturated carbocycles. The molecule has 2 aromatic heterocycles. The Balaban J connectivity index is 1.54. The molecule has 0 fully saturated rings. The predicted molar refractivity (Wildman–Crippen MR) is 115 cm³/mol. The molecule has 1 amide bonds. The Hall–Kier alpha value is -4.07. The third kappa shape index (κ3) is 4.42. The van der Waals surface area contributed by atoms with Crippen molar-refractivity contribution < 1.29 is 18.8 Å². The Bertz CT molecular complexity index is 1310. The molecule has 8 heteroatoms. The summed E-state index contributed by atoms with van der Waals surface area (Å²) in [5, 5.41) is 2.88. The molecule has 4 rings (SSSR count). The highest BCUT2D eigenvalue weighted by atomic mass is 16.5. The molecule has 158 valence electrons. The van der Waals surface area contributed by atoms with Crippen LogP contribution in [0.5, 0.6) is 11.5 Å². The normalized spacial score (nSPS) is 10.8. The maximum Gasteiger partial charge on any atom is 0.287 e. The van der Waals surface area contributed by atoms with Crippen molar-refractivity contribution >= 4 is 17.2 Å². The zero-order valence-electron chi connectivity index (χ0n) is 17.3. The lowest BCUT2D eigenvalue weighted by Gasteiger charge is -2.13. The van der Waals surface area contributed by atoms with Gasteiger partial charge in [0.15, 0.2) is 5.65 Å². The number of nitrogens with one attached hydrogen (secondary N) is 1. The number of benzene rings is 2. The lowest BCUT2D eigenvalue weighted by molar-refractivity contribution is 0.102. The molecule has 0 aliphatic rings. The number of ether oxygens (including phenoxy) is 2. The van der Waals surface area contributed by atoms with Gasteiger partial charge in [0.05, 0.1) is 18.5 Å². The fourth-order valence-corrected chi connectivity index (χ4v) is 3.10. The smallest absolute Gasteiger partial charge is 0.287 e. The number of carbonyl (C=O) groups excluding carboxylic acids is 1. The fraction of sp³-hybridized carbons (Fsp3) is 0.174. The van der Waals surface area contributed by atoms with Gasteiger partial charge in [0.2, 0.25) is 0 Å².